The Bertz CT molecular complexity index is 295. The quantitative estimate of drug-likeness (QED) is 0.325. The van der Waals surface area contributed by atoms with E-state index in [1.54, 1.807) is 34.9 Å². The molecule has 1 rings (SSSR count). The van der Waals surface area contributed by atoms with E-state index in [4.69, 9.17) is 9.47 Å². The van der Waals surface area contributed by atoms with Crippen molar-refractivity contribution in [1.29, 1.82) is 0 Å². The first-order chi connectivity index (χ1) is 9.36. The molecule has 4 nitrogen and oxygen atoms in total. The Balaban J connectivity index is 2.07. The topological polar surface area (TPSA) is 44.2 Å². The van der Waals surface area contributed by atoms with Crippen molar-refractivity contribution in [3.8, 4) is 0 Å². The second kappa shape index (κ2) is 12.0. The minimum Gasteiger partial charge on any atom is -0.370 e. The Kier molecular flexibility index (Phi) is 10.8. The van der Waals surface area contributed by atoms with Gasteiger partial charge in [-0.2, -0.15) is 0 Å². The molecule has 0 spiro atoms. The van der Waals surface area contributed by atoms with Crippen LogP contribution in [0.2, 0.25) is 0 Å². The Morgan fingerprint density at radius 1 is 0.895 bits per heavy atom. The van der Waals surface area contributed by atoms with E-state index in [9.17, 15) is 0 Å². The minimum absolute atomic E-state index is 0.659. The number of hydrogen-bond donors (Lipinski definition) is 0. The lowest BCUT2D eigenvalue weighted by molar-refractivity contribution is 0.179. The molecule has 1 aromatic rings. The van der Waals surface area contributed by atoms with Crippen LogP contribution < -0.4 is 0 Å². The highest BCUT2D eigenvalue weighted by molar-refractivity contribution is 8.03. The second-order valence-electron chi connectivity index (χ2n) is 3.88. The smallest absolute Gasteiger partial charge is 0.177 e. The summed E-state index contributed by atoms with van der Waals surface area (Å²) in [5.74, 6) is 1.32. The van der Waals surface area contributed by atoms with Gasteiger partial charge >= 0.3 is 0 Å². The summed E-state index contributed by atoms with van der Waals surface area (Å²) < 4.78 is 12.9. The van der Waals surface area contributed by atoms with E-state index in [1.165, 1.54) is 12.8 Å². The largest absolute Gasteiger partial charge is 0.370 e. The molecule has 0 radical (unpaired) electrons. The highest BCUT2D eigenvalue weighted by Crippen LogP contribution is 2.28. The number of aromatic nitrogens is 2. The van der Waals surface area contributed by atoms with E-state index in [0.29, 0.717) is 11.9 Å². The van der Waals surface area contributed by atoms with Crippen LogP contribution >= 0.6 is 34.9 Å². The maximum absolute atomic E-state index is 5.48. The Hall–Kier alpha value is 0.180. The van der Waals surface area contributed by atoms with Gasteiger partial charge in [-0.3, -0.25) is 0 Å². The van der Waals surface area contributed by atoms with Crippen LogP contribution in [0.5, 0.6) is 0 Å². The zero-order valence-electron chi connectivity index (χ0n) is 11.6. The van der Waals surface area contributed by atoms with Gasteiger partial charge in [-0.1, -0.05) is 61.5 Å². The first-order valence-electron chi connectivity index (χ1n) is 6.61. The van der Waals surface area contributed by atoms with Crippen LogP contribution in [0, 0.1) is 0 Å². The van der Waals surface area contributed by atoms with Gasteiger partial charge in [0.15, 0.2) is 8.68 Å². The van der Waals surface area contributed by atoms with E-state index in [0.717, 1.165) is 34.7 Å². The van der Waals surface area contributed by atoms with Gasteiger partial charge in [0, 0.05) is 13.2 Å². The van der Waals surface area contributed by atoms with Gasteiger partial charge in [0.25, 0.3) is 0 Å². The molecule has 0 fully saturated rings. The fourth-order valence-corrected chi connectivity index (χ4v) is 3.61. The predicted molar refractivity (Wildman–Crippen MR) is 83.1 cm³/mol. The van der Waals surface area contributed by atoms with E-state index < -0.39 is 0 Å². The zero-order chi connectivity index (χ0) is 13.8. The average molecular weight is 323 g/mol. The molecule has 0 atom stereocenters. The molecule has 0 N–H and O–H groups in total. The molecule has 110 valence electrons. The minimum atomic E-state index is 0.659. The number of ether oxygens (including phenoxy) is 2. The predicted octanol–water partition coefficient (Wildman–Crippen LogP) is 4.27. The van der Waals surface area contributed by atoms with E-state index in [2.05, 4.69) is 24.0 Å². The summed E-state index contributed by atoms with van der Waals surface area (Å²) in [6, 6.07) is 0. The SMILES string of the molecule is CCCCOCSc1nnc(SCOCCCC)s1. The third-order valence-electron chi connectivity index (χ3n) is 2.20. The van der Waals surface area contributed by atoms with Crippen molar-refractivity contribution >= 4 is 34.9 Å². The fourth-order valence-electron chi connectivity index (χ4n) is 1.11. The highest BCUT2D eigenvalue weighted by atomic mass is 32.2. The Morgan fingerprint density at radius 2 is 1.37 bits per heavy atom. The van der Waals surface area contributed by atoms with E-state index in [1.807, 2.05) is 0 Å². The molecule has 0 aliphatic heterocycles. The zero-order valence-corrected chi connectivity index (χ0v) is 14.0. The standard InChI is InChI=1S/C12H22N2O2S3/c1-3-5-7-15-9-17-11-13-14-12(19-11)18-10-16-8-6-4-2/h3-10H2,1-2H3. The lowest BCUT2D eigenvalue weighted by atomic mass is 10.4. The molecule has 0 unspecified atom stereocenters. The van der Waals surface area contributed by atoms with Crippen molar-refractivity contribution in [2.24, 2.45) is 0 Å². The molecule has 0 saturated heterocycles. The third-order valence-corrected chi connectivity index (χ3v) is 5.15. The molecular formula is C12H22N2O2S3. The molecule has 19 heavy (non-hydrogen) atoms. The number of nitrogens with zero attached hydrogens (tertiary/aromatic N) is 2. The summed E-state index contributed by atoms with van der Waals surface area (Å²) in [7, 11) is 0. The molecular weight excluding hydrogens is 300 g/mol. The van der Waals surface area contributed by atoms with Gasteiger partial charge in [-0.05, 0) is 12.8 Å². The fraction of sp³-hybridized carbons (Fsp3) is 0.833. The van der Waals surface area contributed by atoms with Crippen LogP contribution in [0.1, 0.15) is 39.5 Å². The molecule has 1 heterocycles. The van der Waals surface area contributed by atoms with Gasteiger partial charge in [0.05, 0.1) is 11.9 Å². The molecule has 0 aliphatic carbocycles. The molecule has 1 aromatic heterocycles. The number of thioether (sulfide) groups is 2. The maximum atomic E-state index is 5.48. The van der Waals surface area contributed by atoms with Gasteiger partial charge in [0.2, 0.25) is 0 Å². The van der Waals surface area contributed by atoms with E-state index in [-0.39, 0.29) is 0 Å². The monoisotopic (exact) mass is 322 g/mol. The van der Waals surface area contributed by atoms with Gasteiger partial charge < -0.3 is 9.47 Å². The molecule has 0 amide bonds. The second-order valence-corrected chi connectivity index (χ2v) is 7.20. The number of rotatable bonds is 12. The van der Waals surface area contributed by atoms with Crippen LogP contribution in [0.25, 0.3) is 0 Å². The summed E-state index contributed by atoms with van der Waals surface area (Å²) >= 11 is 4.82. The summed E-state index contributed by atoms with van der Waals surface area (Å²) in [5, 5.41) is 8.25. The highest BCUT2D eigenvalue weighted by Gasteiger charge is 2.05. The Morgan fingerprint density at radius 3 is 1.79 bits per heavy atom. The summed E-state index contributed by atoms with van der Waals surface area (Å²) in [5.41, 5.74) is 0. The summed E-state index contributed by atoms with van der Waals surface area (Å²) in [4.78, 5) is 0. The van der Waals surface area contributed by atoms with Crippen molar-refractivity contribution in [2.75, 3.05) is 25.1 Å². The molecule has 0 aromatic carbocycles. The lowest BCUT2D eigenvalue weighted by Gasteiger charge is -2.00. The van der Waals surface area contributed by atoms with Crippen LogP contribution in [0.4, 0.5) is 0 Å². The Labute approximate surface area is 128 Å². The average Bonchev–Trinajstić information content (AvgIpc) is 2.86. The molecule has 0 bridgehead atoms. The van der Waals surface area contributed by atoms with Gasteiger partial charge in [-0.25, -0.2) is 0 Å². The van der Waals surface area contributed by atoms with Crippen molar-refractivity contribution in [3.05, 3.63) is 0 Å². The number of hydrogen-bond acceptors (Lipinski definition) is 7. The van der Waals surface area contributed by atoms with Crippen molar-refractivity contribution in [2.45, 2.75) is 48.2 Å². The molecule has 0 saturated carbocycles. The van der Waals surface area contributed by atoms with Gasteiger partial charge in [0.1, 0.15) is 0 Å². The van der Waals surface area contributed by atoms with Gasteiger partial charge in [-0.15, -0.1) is 10.2 Å². The number of unbranched alkanes of at least 4 members (excludes halogenated alkanes) is 2. The van der Waals surface area contributed by atoms with Crippen LogP contribution in [-0.2, 0) is 9.47 Å². The maximum Gasteiger partial charge on any atom is 0.177 e. The normalized spacial score (nSPS) is 11.1. The van der Waals surface area contributed by atoms with Crippen LogP contribution in [-0.4, -0.2) is 35.3 Å². The van der Waals surface area contributed by atoms with Crippen LogP contribution in [0.15, 0.2) is 8.68 Å². The van der Waals surface area contributed by atoms with Crippen molar-refractivity contribution in [1.82, 2.24) is 10.2 Å². The molecule has 7 heteroatoms. The summed E-state index contributed by atoms with van der Waals surface area (Å²) in [6.45, 7) is 5.98. The first kappa shape index (κ1) is 17.2. The first-order valence-corrected chi connectivity index (χ1v) is 9.40. The lowest BCUT2D eigenvalue weighted by Crippen LogP contribution is -1.92. The van der Waals surface area contributed by atoms with E-state index >= 15 is 0 Å². The van der Waals surface area contributed by atoms with Crippen molar-refractivity contribution in [3.63, 3.8) is 0 Å². The van der Waals surface area contributed by atoms with Crippen molar-refractivity contribution < 1.29 is 9.47 Å². The van der Waals surface area contributed by atoms with Crippen LogP contribution in [0.3, 0.4) is 0 Å². The summed E-state index contributed by atoms with van der Waals surface area (Å²) in [6.07, 6.45) is 4.57. The molecule has 0 aliphatic rings. The third kappa shape index (κ3) is 8.86.